The van der Waals surface area contributed by atoms with Crippen LogP contribution in [0.5, 0.6) is 0 Å². The first kappa shape index (κ1) is 15.3. The molecule has 4 heteroatoms. The highest BCUT2D eigenvalue weighted by Crippen LogP contribution is 2.27. The molecule has 1 fully saturated rings. The molecule has 118 valence electrons. The first-order chi connectivity index (χ1) is 11.1. The average molecular weight is 309 g/mol. The van der Waals surface area contributed by atoms with Crippen molar-refractivity contribution in [2.24, 2.45) is 5.92 Å². The van der Waals surface area contributed by atoms with E-state index >= 15 is 0 Å². The normalized spacial score (nSPS) is 13.6. The molecule has 1 saturated carbocycles. The number of carbonyl (C=O) groups is 2. The van der Waals surface area contributed by atoms with Crippen molar-refractivity contribution in [1.82, 2.24) is 5.32 Å². The van der Waals surface area contributed by atoms with Crippen LogP contribution in [0.3, 0.4) is 0 Å². The van der Waals surface area contributed by atoms with Crippen molar-refractivity contribution in [2.45, 2.75) is 19.3 Å². The minimum absolute atomic E-state index is 0.0533. The van der Waals surface area contributed by atoms with Gasteiger partial charge in [-0.3, -0.25) is 4.79 Å². The van der Waals surface area contributed by atoms with Crippen molar-refractivity contribution in [3.8, 4) is 11.1 Å². The largest absolute Gasteiger partial charge is 0.478 e. The number of benzene rings is 2. The zero-order valence-corrected chi connectivity index (χ0v) is 12.8. The van der Waals surface area contributed by atoms with Crippen LogP contribution in [0.25, 0.3) is 11.1 Å². The fourth-order valence-electron chi connectivity index (χ4n) is 2.47. The smallest absolute Gasteiger partial charge is 0.335 e. The minimum Gasteiger partial charge on any atom is -0.478 e. The molecular formula is C19H19NO3. The van der Waals surface area contributed by atoms with Gasteiger partial charge in [-0.2, -0.15) is 0 Å². The number of nitrogens with one attached hydrogen (secondary N) is 1. The number of rotatable bonds is 6. The maximum absolute atomic E-state index is 11.8. The van der Waals surface area contributed by atoms with Crippen molar-refractivity contribution >= 4 is 11.9 Å². The molecule has 1 aliphatic carbocycles. The summed E-state index contributed by atoms with van der Waals surface area (Å²) in [6, 6.07) is 14.5. The Bertz CT molecular complexity index is 718. The van der Waals surface area contributed by atoms with Crippen LogP contribution in [0.15, 0.2) is 48.5 Å². The Morgan fingerprint density at radius 1 is 1.04 bits per heavy atom. The van der Waals surface area contributed by atoms with Gasteiger partial charge in [-0.25, -0.2) is 4.79 Å². The van der Waals surface area contributed by atoms with Crippen LogP contribution < -0.4 is 5.32 Å². The van der Waals surface area contributed by atoms with Gasteiger partial charge in [-0.1, -0.05) is 36.4 Å². The highest BCUT2D eigenvalue weighted by Gasteiger charge is 2.21. The molecule has 0 radical (unpaired) electrons. The first-order valence-corrected chi connectivity index (χ1v) is 7.81. The molecule has 0 spiro atoms. The topological polar surface area (TPSA) is 66.4 Å². The Labute approximate surface area is 135 Å². The number of hydrogen-bond acceptors (Lipinski definition) is 2. The maximum Gasteiger partial charge on any atom is 0.335 e. The van der Waals surface area contributed by atoms with Gasteiger partial charge >= 0.3 is 5.97 Å². The molecule has 0 heterocycles. The van der Waals surface area contributed by atoms with Gasteiger partial charge in [0.15, 0.2) is 0 Å². The van der Waals surface area contributed by atoms with E-state index in [1.807, 2.05) is 30.3 Å². The molecule has 2 N–H and O–H groups in total. The molecule has 2 aromatic rings. The lowest BCUT2D eigenvalue weighted by molar-refractivity contribution is -0.120. The summed E-state index contributed by atoms with van der Waals surface area (Å²) in [4.78, 5) is 22.9. The summed E-state index contributed by atoms with van der Waals surface area (Å²) >= 11 is 0. The molecule has 0 saturated heterocycles. The van der Waals surface area contributed by atoms with Crippen LogP contribution in [0.1, 0.15) is 28.8 Å². The van der Waals surface area contributed by atoms with Crippen LogP contribution in [0.2, 0.25) is 0 Å². The quantitative estimate of drug-likeness (QED) is 0.861. The van der Waals surface area contributed by atoms with Gasteiger partial charge in [0.1, 0.15) is 0 Å². The van der Waals surface area contributed by atoms with Crippen molar-refractivity contribution in [3.05, 3.63) is 59.7 Å². The Morgan fingerprint density at radius 3 is 2.43 bits per heavy atom. The molecular weight excluding hydrogens is 290 g/mol. The summed E-state index contributed by atoms with van der Waals surface area (Å²) in [5, 5.41) is 12.0. The summed E-state index contributed by atoms with van der Waals surface area (Å²) in [7, 11) is 0. The lowest BCUT2D eigenvalue weighted by Gasteiger charge is -2.06. The fraction of sp³-hybridized carbons (Fsp3) is 0.263. The van der Waals surface area contributed by atoms with Crippen LogP contribution >= 0.6 is 0 Å². The number of amides is 1. The van der Waals surface area contributed by atoms with E-state index in [0.29, 0.717) is 12.3 Å². The Balaban J connectivity index is 1.65. The van der Waals surface area contributed by atoms with Gasteiger partial charge in [0.25, 0.3) is 0 Å². The number of carbonyl (C=O) groups excluding carboxylic acids is 1. The van der Waals surface area contributed by atoms with Crippen LogP contribution in [-0.2, 0) is 11.2 Å². The van der Waals surface area contributed by atoms with E-state index < -0.39 is 5.97 Å². The lowest BCUT2D eigenvalue weighted by atomic mass is 10.0. The van der Waals surface area contributed by atoms with E-state index in [-0.39, 0.29) is 11.5 Å². The van der Waals surface area contributed by atoms with Crippen molar-refractivity contribution < 1.29 is 14.7 Å². The Morgan fingerprint density at radius 2 is 1.78 bits per heavy atom. The van der Waals surface area contributed by atoms with E-state index in [1.54, 1.807) is 18.2 Å². The summed E-state index contributed by atoms with van der Waals surface area (Å²) in [6.45, 7) is 0.791. The lowest BCUT2D eigenvalue weighted by Crippen LogP contribution is -2.27. The van der Waals surface area contributed by atoms with Gasteiger partial charge in [0.05, 0.1) is 12.0 Å². The molecule has 2 aromatic carbocycles. The highest BCUT2D eigenvalue weighted by atomic mass is 16.4. The van der Waals surface area contributed by atoms with E-state index in [9.17, 15) is 9.59 Å². The molecule has 1 aliphatic rings. The monoisotopic (exact) mass is 309 g/mol. The molecule has 23 heavy (non-hydrogen) atoms. The molecule has 0 bridgehead atoms. The molecule has 0 aliphatic heterocycles. The average Bonchev–Trinajstić information content (AvgIpc) is 3.38. The maximum atomic E-state index is 11.8. The van der Waals surface area contributed by atoms with Gasteiger partial charge in [-0.05, 0) is 47.6 Å². The third-order valence-corrected chi connectivity index (χ3v) is 4.05. The highest BCUT2D eigenvalue weighted by molar-refractivity contribution is 5.89. The van der Waals surface area contributed by atoms with Crippen LogP contribution in [-0.4, -0.2) is 23.5 Å². The Kier molecular flexibility index (Phi) is 4.42. The first-order valence-electron chi connectivity index (χ1n) is 7.81. The number of aromatic carboxylic acids is 1. The van der Waals surface area contributed by atoms with Gasteiger partial charge in [0, 0.05) is 6.54 Å². The van der Waals surface area contributed by atoms with Crippen LogP contribution in [0, 0.1) is 5.92 Å². The second-order valence-corrected chi connectivity index (χ2v) is 6.01. The standard InChI is InChI=1S/C19H19NO3/c21-18(20-12-14-4-5-14)10-13-6-8-15(9-7-13)16-2-1-3-17(11-16)19(22)23/h1-3,6-9,11,14H,4-5,10,12H2,(H,20,21)(H,22,23). The summed E-state index contributed by atoms with van der Waals surface area (Å²) in [6.07, 6.45) is 2.83. The summed E-state index contributed by atoms with van der Waals surface area (Å²) in [5.41, 5.74) is 3.02. The fourth-order valence-corrected chi connectivity index (χ4v) is 2.47. The van der Waals surface area contributed by atoms with E-state index in [0.717, 1.165) is 23.2 Å². The van der Waals surface area contributed by atoms with Crippen molar-refractivity contribution in [3.63, 3.8) is 0 Å². The number of carboxylic acid groups (broad SMARTS) is 1. The van der Waals surface area contributed by atoms with E-state index in [2.05, 4.69) is 5.32 Å². The summed E-state index contributed by atoms with van der Waals surface area (Å²) in [5.74, 6) is -0.198. The van der Waals surface area contributed by atoms with Crippen molar-refractivity contribution in [1.29, 1.82) is 0 Å². The van der Waals surface area contributed by atoms with E-state index in [1.165, 1.54) is 12.8 Å². The molecule has 1 amide bonds. The predicted molar refractivity (Wildman–Crippen MR) is 88.3 cm³/mol. The van der Waals surface area contributed by atoms with Gasteiger partial charge < -0.3 is 10.4 Å². The second kappa shape index (κ2) is 6.65. The molecule has 4 nitrogen and oxygen atoms in total. The third-order valence-electron chi connectivity index (χ3n) is 4.05. The molecule has 0 atom stereocenters. The molecule has 0 unspecified atom stereocenters. The van der Waals surface area contributed by atoms with Crippen molar-refractivity contribution in [2.75, 3.05) is 6.54 Å². The van der Waals surface area contributed by atoms with Gasteiger partial charge in [0.2, 0.25) is 5.91 Å². The minimum atomic E-state index is -0.934. The zero-order chi connectivity index (χ0) is 16.2. The molecule has 0 aromatic heterocycles. The van der Waals surface area contributed by atoms with Crippen LogP contribution in [0.4, 0.5) is 0 Å². The predicted octanol–water partition coefficient (Wildman–Crippen LogP) is 3.12. The zero-order valence-electron chi connectivity index (χ0n) is 12.8. The van der Waals surface area contributed by atoms with E-state index in [4.69, 9.17) is 5.11 Å². The SMILES string of the molecule is O=C(Cc1ccc(-c2cccc(C(=O)O)c2)cc1)NCC1CC1. The number of hydrogen-bond donors (Lipinski definition) is 2. The molecule has 3 rings (SSSR count). The third kappa shape index (κ3) is 4.19. The second-order valence-electron chi connectivity index (χ2n) is 6.01. The number of carboxylic acids is 1. The van der Waals surface area contributed by atoms with Gasteiger partial charge in [-0.15, -0.1) is 0 Å². The Hall–Kier alpha value is -2.62. The summed E-state index contributed by atoms with van der Waals surface area (Å²) < 4.78 is 0.